The Hall–Kier alpha value is -2.28. The Morgan fingerprint density at radius 2 is 2.12 bits per heavy atom. The molecule has 1 aromatic heterocycles. The number of hydrogen-bond donors (Lipinski definition) is 1. The molecule has 2 aromatic rings. The standard InChI is InChI=1S/C18H23FN4O2/c1-12(24)21-18(2,3)17-20-16(25-22-17)15-5-4-10-23(15)11-13-6-8-14(19)9-7-13/h6-9,15H,4-5,10-11H2,1-3H3,(H,21,24). The van der Waals surface area contributed by atoms with Gasteiger partial charge in [0.15, 0.2) is 5.82 Å². The largest absolute Gasteiger partial charge is 0.344 e. The highest BCUT2D eigenvalue weighted by molar-refractivity contribution is 5.73. The molecule has 1 N–H and O–H groups in total. The van der Waals surface area contributed by atoms with Crippen LogP contribution >= 0.6 is 0 Å². The Balaban J connectivity index is 1.74. The zero-order chi connectivity index (χ0) is 18.0. The fraction of sp³-hybridized carbons (Fsp3) is 0.500. The van der Waals surface area contributed by atoms with Crippen LogP contribution in [0.2, 0.25) is 0 Å². The highest BCUT2D eigenvalue weighted by Crippen LogP contribution is 2.33. The van der Waals surface area contributed by atoms with Crippen LogP contribution in [0.4, 0.5) is 4.39 Å². The van der Waals surface area contributed by atoms with Crippen molar-refractivity contribution in [3.05, 3.63) is 47.4 Å². The van der Waals surface area contributed by atoms with Gasteiger partial charge >= 0.3 is 0 Å². The number of rotatable bonds is 5. The summed E-state index contributed by atoms with van der Waals surface area (Å²) in [4.78, 5) is 18.1. The van der Waals surface area contributed by atoms with Crippen LogP contribution in [0, 0.1) is 5.82 Å². The summed E-state index contributed by atoms with van der Waals surface area (Å²) >= 11 is 0. The van der Waals surface area contributed by atoms with Crippen molar-refractivity contribution in [3.63, 3.8) is 0 Å². The van der Waals surface area contributed by atoms with E-state index in [9.17, 15) is 9.18 Å². The molecule has 3 rings (SSSR count). The van der Waals surface area contributed by atoms with Gasteiger partial charge in [-0.25, -0.2) is 4.39 Å². The lowest BCUT2D eigenvalue weighted by atomic mass is 10.1. The van der Waals surface area contributed by atoms with Gasteiger partial charge in [-0.2, -0.15) is 4.98 Å². The van der Waals surface area contributed by atoms with E-state index in [1.165, 1.54) is 19.1 Å². The van der Waals surface area contributed by atoms with Gasteiger partial charge in [-0.05, 0) is 50.9 Å². The molecule has 0 bridgehead atoms. The number of nitrogens with one attached hydrogen (secondary N) is 1. The van der Waals surface area contributed by atoms with Crippen LogP contribution in [0.15, 0.2) is 28.8 Å². The van der Waals surface area contributed by atoms with Crippen molar-refractivity contribution in [3.8, 4) is 0 Å². The zero-order valence-corrected chi connectivity index (χ0v) is 14.8. The normalized spacial score (nSPS) is 18.5. The summed E-state index contributed by atoms with van der Waals surface area (Å²) in [7, 11) is 0. The number of benzene rings is 1. The maximum absolute atomic E-state index is 13.1. The first-order valence-electron chi connectivity index (χ1n) is 8.46. The average molecular weight is 346 g/mol. The van der Waals surface area contributed by atoms with E-state index < -0.39 is 5.54 Å². The minimum Gasteiger partial charge on any atom is -0.344 e. The minimum absolute atomic E-state index is 0.0411. The average Bonchev–Trinajstić information content (AvgIpc) is 3.17. The highest BCUT2D eigenvalue weighted by atomic mass is 19.1. The van der Waals surface area contributed by atoms with Crippen molar-refractivity contribution in [2.75, 3.05) is 6.54 Å². The fourth-order valence-electron chi connectivity index (χ4n) is 3.24. The molecule has 0 saturated carbocycles. The summed E-state index contributed by atoms with van der Waals surface area (Å²) in [5.41, 5.74) is 0.361. The summed E-state index contributed by atoms with van der Waals surface area (Å²) < 4.78 is 18.6. The molecule has 6 nitrogen and oxygen atoms in total. The van der Waals surface area contributed by atoms with E-state index in [1.54, 1.807) is 12.1 Å². The van der Waals surface area contributed by atoms with Gasteiger partial charge < -0.3 is 9.84 Å². The van der Waals surface area contributed by atoms with Crippen molar-refractivity contribution in [1.82, 2.24) is 20.4 Å². The number of likely N-dealkylation sites (tertiary alicyclic amines) is 1. The molecule has 25 heavy (non-hydrogen) atoms. The molecule has 1 aliphatic heterocycles. The minimum atomic E-state index is -0.687. The first kappa shape index (κ1) is 17.5. The molecule has 2 heterocycles. The number of hydrogen-bond acceptors (Lipinski definition) is 5. The summed E-state index contributed by atoms with van der Waals surface area (Å²) in [6, 6.07) is 6.58. The Morgan fingerprint density at radius 3 is 2.80 bits per heavy atom. The molecular weight excluding hydrogens is 323 g/mol. The molecular formula is C18H23FN4O2. The van der Waals surface area contributed by atoms with Crippen molar-refractivity contribution < 1.29 is 13.7 Å². The highest BCUT2D eigenvalue weighted by Gasteiger charge is 2.34. The number of carbonyl (C=O) groups excluding carboxylic acids is 1. The van der Waals surface area contributed by atoms with Gasteiger partial charge in [-0.15, -0.1) is 0 Å². The van der Waals surface area contributed by atoms with Gasteiger partial charge in [0, 0.05) is 13.5 Å². The van der Waals surface area contributed by atoms with Gasteiger partial charge in [0.1, 0.15) is 5.82 Å². The van der Waals surface area contributed by atoms with E-state index >= 15 is 0 Å². The molecule has 0 spiro atoms. The van der Waals surface area contributed by atoms with Crippen LogP contribution in [-0.2, 0) is 16.9 Å². The van der Waals surface area contributed by atoms with Crippen LogP contribution in [0.25, 0.3) is 0 Å². The molecule has 0 radical (unpaired) electrons. The maximum atomic E-state index is 13.1. The molecule has 0 aliphatic carbocycles. The molecule has 1 saturated heterocycles. The molecule has 1 aliphatic rings. The molecule has 134 valence electrons. The lowest BCUT2D eigenvalue weighted by molar-refractivity contribution is -0.120. The topological polar surface area (TPSA) is 71.3 Å². The van der Waals surface area contributed by atoms with Crippen molar-refractivity contribution in [2.24, 2.45) is 0 Å². The molecule has 1 fully saturated rings. The first-order valence-corrected chi connectivity index (χ1v) is 8.46. The van der Waals surface area contributed by atoms with Crippen molar-refractivity contribution in [1.29, 1.82) is 0 Å². The Labute approximate surface area is 146 Å². The van der Waals surface area contributed by atoms with Crippen LogP contribution in [0.3, 0.4) is 0 Å². The van der Waals surface area contributed by atoms with Crippen LogP contribution in [-0.4, -0.2) is 27.5 Å². The third kappa shape index (κ3) is 4.04. The lowest BCUT2D eigenvalue weighted by Gasteiger charge is -2.22. The van der Waals surface area contributed by atoms with E-state index in [2.05, 4.69) is 20.4 Å². The third-order valence-electron chi connectivity index (χ3n) is 4.44. The van der Waals surface area contributed by atoms with E-state index in [0.29, 0.717) is 18.3 Å². The van der Waals surface area contributed by atoms with Gasteiger partial charge in [0.25, 0.3) is 0 Å². The number of aromatic nitrogens is 2. The SMILES string of the molecule is CC(=O)NC(C)(C)c1noc(C2CCCN2Cc2ccc(F)cc2)n1. The number of nitrogens with zero attached hydrogens (tertiary/aromatic N) is 3. The smallest absolute Gasteiger partial charge is 0.244 e. The van der Waals surface area contributed by atoms with E-state index in [1.807, 2.05) is 13.8 Å². The maximum Gasteiger partial charge on any atom is 0.244 e. The quantitative estimate of drug-likeness (QED) is 0.901. The zero-order valence-electron chi connectivity index (χ0n) is 14.8. The van der Waals surface area contributed by atoms with Crippen molar-refractivity contribution >= 4 is 5.91 Å². The lowest BCUT2D eigenvalue weighted by Crippen LogP contribution is -2.40. The van der Waals surface area contributed by atoms with Crippen LogP contribution in [0.1, 0.15) is 56.9 Å². The predicted molar refractivity (Wildman–Crippen MR) is 89.9 cm³/mol. The Kier molecular flexibility index (Phi) is 4.85. The van der Waals surface area contributed by atoms with Crippen molar-refractivity contribution in [2.45, 2.75) is 51.7 Å². The summed E-state index contributed by atoms with van der Waals surface area (Å²) in [5, 5.41) is 6.88. The summed E-state index contributed by atoms with van der Waals surface area (Å²) in [6.07, 6.45) is 1.97. The van der Waals surface area contributed by atoms with E-state index in [-0.39, 0.29) is 17.8 Å². The predicted octanol–water partition coefficient (Wildman–Crippen LogP) is 2.92. The molecule has 1 aromatic carbocycles. The van der Waals surface area contributed by atoms with Gasteiger partial charge in [-0.1, -0.05) is 17.3 Å². The third-order valence-corrected chi connectivity index (χ3v) is 4.44. The Morgan fingerprint density at radius 1 is 1.40 bits per heavy atom. The summed E-state index contributed by atoms with van der Waals surface area (Å²) in [6.45, 7) is 6.78. The molecule has 1 unspecified atom stereocenters. The second-order valence-electron chi connectivity index (χ2n) is 7.02. The monoisotopic (exact) mass is 346 g/mol. The Bertz CT molecular complexity index is 742. The molecule has 1 atom stereocenters. The molecule has 1 amide bonds. The number of halogens is 1. The number of carbonyl (C=O) groups is 1. The molecule has 7 heteroatoms. The summed E-state index contributed by atoms with van der Waals surface area (Å²) in [5.74, 6) is 0.651. The van der Waals surface area contributed by atoms with Crippen LogP contribution < -0.4 is 5.32 Å². The van der Waals surface area contributed by atoms with E-state index in [0.717, 1.165) is 24.9 Å². The van der Waals surface area contributed by atoms with Gasteiger partial charge in [0.2, 0.25) is 11.8 Å². The first-order chi connectivity index (χ1) is 11.8. The number of amides is 1. The fourth-order valence-corrected chi connectivity index (χ4v) is 3.24. The van der Waals surface area contributed by atoms with Gasteiger partial charge in [0.05, 0.1) is 11.6 Å². The van der Waals surface area contributed by atoms with Crippen LogP contribution in [0.5, 0.6) is 0 Å². The second-order valence-corrected chi connectivity index (χ2v) is 7.02. The second kappa shape index (κ2) is 6.92. The van der Waals surface area contributed by atoms with Gasteiger partial charge in [-0.3, -0.25) is 9.69 Å². The van der Waals surface area contributed by atoms with E-state index in [4.69, 9.17) is 4.52 Å².